The minimum absolute atomic E-state index is 0.0685. The zero-order valence-corrected chi connectivity index (χ0v) is 9.75. The van der Waals surface area contributed by atoms with Gasteiger partial charge in [-0.1, -0.05) is 30.2 Å². The summed E-state index contributed by atoms with van der Waals surface area (Å²) in [5.41, 5.74) is -2.51. The van der Waals surface area contributed by atoms with Crippen molar-refractivity contribution in [3.05, 3.63) is 53.7 Å². The van der Waals surface area contributed by atoms with Crippen molar-refractivity contribution in [2.45, 2.75) is 6.08 Å². The summed E-state index contributed by atoms with van der Waals surface area (Å²) >= 11 is 0. The van der Waals surface area contributed by atoms with Crippen molar-refractivity contribution in [2.24, 2.45) is 6.98 Å². The highest BCUT2D eigenvalue weighted by atomic mass is 16.5. The van der Waals surface area contributed by atoms with Gasteiger partial charge in [0.05, 0.1) is 26.0 Å². The summed E-state index contributed by atoms with van der Waals surface area (Å²) in [4.78, 5) is -0.0685. The first kappa shape index (κ1) is 3.51. The summed E-state index contributed by atoms with van der Waals surface area (Å²) in [6, 6.07) is -6.61. The van der Waals surface area contributed by atoms with E-state index in [2.05, 4.69) is 5.10 Å². The topological polar surface area (TPSA) is 30.3 Å². The molecular weight excluding hydrogens is 238 g/mol. The van der Waals surface area contributed by atoms with E-state index in [1.807, 2.05) is 0 Å². The molecule has 4 nitrogen and oxygen atoms in total. The van der Waals surface area contributed by atoms with E-state index in [1.165, 1.54) is 0 Å². The van der Waals surface area contributed by atoms with Crippen molar-refractivity contribution in [3.8, 4) is 0 Å². The van der Waals surface area contributed by atoms with Gasteiger partial charge >= 0.3 is 0 Å². The summed E-state index contributed by atoms with van der Waals surface area (Å²) in [7, 11) is 0.662. The van der Waals surface area contributed by atoms with Gasteiger partial charge in [0.2, 0.25) is 0 Å². The highest BCUT2D eigenvalue weighted by molar-refractivity contribution is 5.25. The second kappa shape index (κ2) is 6.50. The molecule has 102 valence electrons. The van der Waals surface area contributed by atoms with Crippen molar-refractivity contribution in [1.29, 1.82) is 0 Å². The molecule has 1 aromatic carbocycles. The van der Waals surface area contributed by atoms with Crippen LogP contribution in [0.2, 0.25) is 0 Å². The number of rotatable bonds is 6. The molecule has 1 heterocycles. The Bertz CT molecular complexity index is 1170. The van der Waals surface area contributed by atoms with Crippen LogP contribution in [0.15, 0.2) is 42.4 Å². The summed E-state index contributed by atoms with van der Waals surface area (Å²) in [6.45, 7) is -14.1. The Kier molecular flexibility index (Phi) is 1.20. The van der Waals surface area contributed by atoms with E-state index in [4.69, 9.17) is 29.4 Å². The maximum atomic E-state index is 8.99. The number of hydrogen-bond acceptors (Lipinski definition) is 3. The zero-order chi connectivity index (χ0) is 29.3. The maximum absolute atomic E-state index is 8.99. The first-order valence-electron chi connectivity index (χ1n) is 13.9. The van der Waals surface area contributed by atoms with E-state index < -0.39 is 86.8 Å². The first-order valence-corrected chi connectivity index (χ1v) is 4.92. The quantitative estimate of drug-likeness (QED) is 0.810. The fraction of sp³-hybridized carbons (Fsp3) is 0.400. The summed E-state index contributed by atoms with van der Waals surface area (Å²) in [5, 5.41) is 3.32. The van der Waals surface area contributed by atoms with E-state index in [1.54, 1.807) is 0 Å². The third-order valence-electron chi connectivity index (χ3n) is 1.84. The van der Waals surface area contributed by atoms with E-state index in [0.717, 1.165) is 0 Å². The van der Waals surface area contributed by atoms with E-state index in [-0.39, 0.29) is 9.58 Å². The van der Waals surface area contributed by atoms with Crippen molar-refractivity contribution in [3.63, 3.8) is 0 Å². The number of hydrogen-bond donors (Lipinski definition) is 0. The molecule has 4 heteroatoms. The van der Waals surface area contributed by atoms with Gasteiger partial charge in [-0.2, -0.15) is 5.10 Å². The maximum Gasteiger partial charge on any atom is 0.124 e. The number of likely N-dealkylation sites (N-methyl/N-ethyl adjacent to an activating group) is 1. The molecular formula is C15H21N3O. The van der Waals surface area contributed by atoms with Crippen molar-refractivity contribution < 1.29 is 29.4 Å². The predicted molar refractivity (Wildman–Crippen MR) is 76.0 cm³/mol. The van der Waals surface area contributed by atoms with Crippen molar-refractivity contribution >= 4 is 0 Å². The Morgan fingerprint density at radius 3 is 3.11 bits per heavy atom. The number of ether oxygens (including phenoxy) is 1. The highest BCUT2D eigenvalue weighted by Gasteiger charge is 2.17. The summed E-state index contributed by atoms with van der Waals surface area (Å²) in [6.07, 6.45) is -4.71. The van der Waals surface area contributed by atoms with Crippen LogP contribution < -0.4 is 0 Å². The molecule has 0 N–H and O–H groups in total. The average molecular weight is 277 g/mol. The van der Waals surface area contributed by atoms with Gasteiger partial charge in [-0.05, 0) is 25.6 Å². The van der Waals surface area contributed by atoms with Crippen LogP contribution in [0.3, 0.4) is 0 Å². The minimum atomic E-state index is -3.89. The molecule has 0 amide bonds. The van der Waals surface area contributed by atoms with Crippen molar-refractivity contribution in [2.75, 3.05) is 27.1 Å². The smallest absolute Gasteiger partial charge is 0.124 e. The molecule has 0 radical (unpaired) electrons. The molecule has 2 rings (SSSR count). The minimum Gasteiger partial charge on any atom is -0.366 e. The molecule has 2 aromatic rings. The Hall–Kier alpha value is -1.65. The lowest BCUT2D eigenvalue weighted by atomic mass is 10.1. The molecule has 0 spiro atoms. The van der Waals surface area contributed by atoms with Crippen LogP contribution in [0.1, 0.15) is 42.0 Å². The Morgan fingerprint density at radius 1 is 1.53 bits per heavy atom. The van der Waals surface area contributed by atoms with Crippen LogP contribution >= 0.6 is 0 Å². The molecule has 0 aliphatic rings. The molecule has 0 aliphatic heterocycles. The fourth-order valence-electron chi connectivity index (χ4n) is 1.11. The summed E-state index contributed by atoms with van der Waals surface area (Å²) < 4.78 is 148. The normalized spacial score (nSPS) is 31.1. The van der Waals surface area contributed by atoms with Crippen LogP contribution in [-0.4, -0.2) is 41.8 Å². The molecule has 0 saturated heterocycles. The predicted octanol–water partition coefficient (Wildman–Crippen LogP) is 2.09. The van der Waals surface area contributed by atoms with Gasteiger partial charge in [0.25, 0.3) is 0 Å². The molecule has 1 atom stereocenters. The van der Waals surface area contributed by atoms with Crippen molar-refractivity contribution in [1.82, 2.24) is 14.7 Å². The fourth-order valence-corrected chi connectivity index (χ4v) is 1.11. The second-order valence-corrected chi connectivity index (χ2v) is 3.20. The SMILES string of the molecule is [2H]c1nn(C([2H])([2H])[2H])c(C([2H])(OC([2H])([2H])C([2H])([2H])N(C)C([2H])([2H])[2H])c2c([2H])c([2H])c([2H])c([2H])c2[2H])c1[2H]. The number of nitrogens with zero attached hydrogens (tertiary/aromatic N) is 3. The zero-order valence-electron chi connectivity index (χ0n) is 27.7. The van der Waals surface area contributed by atoms with Crippen LogP contribution in [-0.2, 0) is 11.7 Å². The van der Waals surface area contributed by atoms with Gasteiger partial charge < -0.3 is 9.64 Å². The first-order chi connectivity index (χ1) is 16.3. The van der Waals surface area contributed by atoms with Gasteiger partial charge in [-0.3, -0.25) is 4.68 Å². The Morgan fingerprint density at radius 2 is 2.37 bits per heavy atom. The molecule has 1 aromatic heterocycles. The number of aromatic nitrogens is 2. The standard InChI is InChI=1S/C15H21N3O/c1-17(2)11-12-19-15(13-7-5-4-6-8-13)14-9-10-16-18(14)3/h4-10,15H,11-12H2,1-3H3/i1D3,3D3,4D,5D,6D,7D,8D,9D,10D,11D2,12D2,15D. The van der Waals surface area contributed by atoms with Gasteiger partial charge in [0.1, 0.15) is 6.08 Å². The Labute approximate surface area is 139 Å². The van der Waals surface area contributed by atoms with Crippen LogP contribution in [0, 0.1) is 0 Å². The molecule has 0 aliphatic carbocycles. The van der Waals surface area contributed by atoms with E-state index >= 15 is 0 Å². The van der Waals surface area contributed by atoms with Crippen LogP contribution in [0.5, 0.6) is 0 Å². The van der Waals surface area contributed by atoms with Gasteiger partial charge in [-0.25, -0.2) is 0 Å². The van der Waals surface area contributed by atoms with E-state index in [0.29, 0.717) is 7.05 Å². The third-order valence-corrected chi connectivity index (χ3v) is 1.84. The number of aryl methyl sites for hydroxylation is 1. The second-order valence-electron chi connectivity index (χ2n) is 3.20. The van der Waals surface area contributed by atoms with Crippen LogP contribution in [0.4, 0.5) is 0 Å². The molecule has 0 fully saturated rings. The molecule has 0 saturated carbocycles. The largest absolute Gasteiger partial charge is 0.366 e. The van der Waals surface area contributed by atoms with E-state index in [9.17, 15) is 0 Å². The molecule has 1 unspecified atom stereocenters. The Balaban J connectivity index is 3.07. The third kappa shape index (κ3) is 3.66. The van der Waals surface area contributed by atoms with Gasteiger partial charge in [0, 0.05) is 30.6 Å². The number of benzene rings is 1. The summed E-state index contributed by atoms with van der Waals surface area (Å²) in [5.74, 6) is 0. The average Bonchev–Trinajstić information content (AvgIpc) is 3.04. The lowest BCUT2D eigenvalue weighted by molar-refractivity contribution is 0.0638. The lowest BCUT2D eigenvalue weighted by Crippen LogP contribution is -2.20. The monoisotopic (exact) mass is 277 g/mol. The van der Waals surface area contributed by atoms with Gasteiger partial charge in [0.15, 0.2) is 0 Å². The van der Waals surface area contributed by atoms with Gasteiger partial charge in [-0.15, -0.1) is 0 Å². The van der Waals surface area contributed by atoms with Crippen LogP contribution in [0.25, 0.3) is 0 Å². The lowest BCUT2D eigenvalue weighted by Gasteiger charge is -2.20. The molecule has 19 heavy (non-hydrogen) atoms. The molecule has 0 bridgehead atoms. The highest BCUT2D eigenvalue weighted by Crippen LogP contribution is 2.25.